The lowest BCUT2D eigenvalue weighted by molar-refractivity contribution is 0.0696. The molecule has 1 N–H and O–H groups in total. The first-order valence-electron chi connectivity index (χ1n) is 4.05. The van der Waals surface area contributed by atoms with Gasteiger partial charge in [-0.15, -0.1) is 11.3 Å². The van der Waals surface area contributed by atoms with E-state index in [0.29, 0.717) is 5.56 Å². The Morgan fingerprint density at radius 3 is 3.00 bits per heavy atom. The molecule has 0 unspecified atom stereocenters. The largest absolute Gasteiger partial charge is 0.478 e. The Balaban J connectivity index is 2.70. The van der Waals surface area contributed by atoms with Crippen LogP contribution in [0, 0.1) is 0 Å². The van der Waals surface area contributed by atoms with Gasteiger partial charge in [0.25, 0.3) is 0 Å². The van der Waals surface area contributed by atoms with Crippen LogP contribution in [0.1, 0.15) is 35.0 Å². The van der Waals surface area contributed by atoms with Gasteiger partial charge in [0.15, 0.2) is 0 Å². The van der Waals surface area contributed by atoms with E-state index in [9.17, 15) is 4.79 Å². The fraction of sp³-hybridized carbons (Fsp3) is 0.444. The summed E-state index contributed by atoms with van der Waals surface area (Å²) in [7, 11) is 0. The van der Waals surface area contributed by atoms with Crippen LogP contribution < -0.4 is 0 Å². The second-order valence-corrected chi connectivity index (χ2v) is 3.67. The number of aryl methyl sites for hydroxylation is 1. The first kappa shape index (κ1) is 9.26. The summed E-state index contributed by atoms with van der Waals surface area (Å²) in [4.78, 5) is 11.7. The highest BCUT2D eigenvalue weighted by atomic mass is 32.1. The summed E-state index contributed by atoms with van der Waals surface area (Å²) >= 11 is 1.54. The molecule has 0 atom stereocenters. The molecule has 0 aliphatic rings. The van der Waals surface area contributed by atoms with E-state index < -0.39 is 5.97 Å². The van der Waals surface area contributed by atoms with E-state index >= 15 is 0 Å². The van der Waals surface area contributed by atoms with Crippen molar-refractivity contribution in [2.24, 2.45) is 0 Å². The Labute approximate surface area is 75.9 Å². The number of thiophene rings is 1. The average molecular weight is 184 g/mol. The van der Waals surface area contributed by atoms with Crippen LogP contribution in [0.25, 0.3) is 0 Å². The van der Waals surface area contributed by atoms with E-state index in [1.165, 1.54) is 11.3 Å². The molecule has 0 fully saturated rings. The third-order valence-electron chi connectivity index (χ3n) is 1.73. The molecule has 0 bridgehead atoms. The van der Waals surface area contributed by atoms with Gasteiger partial charge in [0, 0.05) is 4.88 Å². The zero-order valence-corrected chi connectivity index (χ0v) is 7.86. The number of unbranched alkanes of at least 4 members (excludes halogenated alkanes) is 1. The zero-order valence-electron chi connectivity index (χ0n) is 7.04. The Morgan fingerprint density at radius 1 is 1.67 bits per heavy atom. The van der Waals surface area contributed by atoms with E-state index in [2.05, 4.69) is 6.92 Å². The molecule has 0 spiro atoms. The van der Waals surface area contributed by atoms with Gasteiger partial charge in [0.1, 0.15) is 0 Å². The molecule has 0 saturated carbocycles. The Bertz CT molecular complexity index is 265. The van der Waals surface area contributed by atoms with Crippen LogP contribution in [-0.4, -0.2) is 11.1 Å². The van der Waals surface area contributed by atoms with E-state index in [4.69, 9.17) is 5.11 Å². The van der Waals surface area contributed by atoms with E-state index in [1.807, 2.05) is 5.38 Å². The number of carbonyl (C=O) groups is 1. The minimum Gasteiger partial charge on any atom is -0.478 e. The summed E-state index contributed by atoms with van der Waals surface area (Å²) in [5, 5.41) is 10.6. The second-order valence-electron chi connectivity index (χ2n) is 2.67. The van der Waals surface area contributed by atoms with Crippen molar-refractivity contribution in [1.82, 2.24) is 0 Å². The number of aromatic carboxylic acids is 1. The molecule has 0 aliphatic heterocycles. The molecular weight excluding hydrogens is 172 g/mol. The molecule has 0 aromatic carbocycles. The lowest BCUT2D eigenvalue weighted by Crippen LogP contribution is -1.97. The Morgan fingerprint density at radius 2 is 2.42 bits per heavy atom. The van der Waals surface area contributed by atoms with Crippen LogP contribution in [0.3, 0.4) is 0 Å². The number of rotatable bonds is 4. The van der Waals surface area contributed by atoms with Gasteiger partial charge in [-0.05, 0) is 24.3 Å². The van der Waals surface area contributed by atoms with Crippen LogP contribution >= 0.6 is 11.3 Å². The first-order valence-corrected chi connectivity index (χ1v) is 4.93. The lowest BCUT2D eigenvalue weighted by atomic mass is 10.1. The van der Waals surface area contributed by atoms with Crippen LogP contribution in [0.15, 0.2) is 11.4 Å². The molecule has 2 nitrogen and oxygen atoms in total. The van der Waals surface area contributed by atoms with Crippen molar-refractivity contribution in [3.63, 3.8) is 0 Å². The van der Waals surface area contributed by atoms with Crippen LogP contribution in [0.5, 0.6) is 0 Å². The lowest BCUT2D eigenvalue weighted by Gasteiger charge is -1.96. The highest BCUT2D eigenvalue weighted by Gasteiger charge is 2.09. The fourth-order valence-electron chi connectivity index (χ4n) is 1.06. The number of hydrogen-bond donors (Lipinski definition) is 1. The molecule has 0 radical (unpaired) electrons. The topological polar surface area (TPSA) is 37.3 Å². The summed E-state index contributed by atoms with van der Waals surface area (Å²) in [5.41, 5.74) is 0.480. The average Bonchev–Trinajstić information content (AvgIpc) is 2.48. The zero-order chi connectivity index (χ0) is 8.97. The fourth-order valence-corrected chi connectivity index (χ4v) is 1.98. The minimum absolute atomic E-state index is 0.480. The first-order chi connectivity index (χ1) is 5.75. The minimum atomic E-state index is -0.803. The van der Waals surface area contributed by atoms with Gasteiger partial charge < -0.3 is 5.11 Å². The Kier molecular flexibility index (Phi) is 3.29. The van der Waals surface area contributed by atoms with Crippen molar-refractivity contribution in [1.29, 1.82) is 0 Å². The molecule has 1 rings (SSSR count). The Hall–Kier alpha value is -0.830. The molecule has 1 aromatic rings. The quantitative estimate of drug-likeness (QED) is 0.781. The standard InChI is InChI=1S/C9H12O2S/c1-2-3-4-8-7(9(10)11)5-6-12-8/h5-6H,2-4H2,1H3,(H,10,11). The van der Waals surface area contributed by atoms with Crippen molar-refractivity contribution < 1.29 is 9.90 Å². The summed E-state index contributed by atoms with van der Waals surface area (Å²) in [6, 6.07) is 1.68. The molecule has 0 saturated heterocycles. The predicted octanol–water partition coefficient (Wildman–Crippen LogP) is 2.79. The van der Waals surface area contributed by atoms with Crippen molar-refractivity contribution in [2.45, 2.75) is 26.2 Å². The summed E-state index contributed by atoms with van der Waals surface area (Å²) in [6.07, 6.45) is 3.08. The van der Waals surface area contributed by atoms with Crippen molar-refractivity contribution in [3.8, 4) is 0 Å². The van der Waals surface area contributed by atoms with Crippen molar-refractivity contribution in [3.05, 3.63) is 21.9 Å². The highest BCUT2D eigenvalue weighted by molar-refractivity contribution is 7.10. The molecule has 3 heteroatoms. The van der Waals surface area contributed by atoms with Crippen LogP contribution in [0.2, 0.25) is 0 Å². The van der Waals surface area contributed by atoms with Crippen LogP contribution in [0.4, 0.5) is 0 Å². The summed E-state index contributed by atoms with van der Waals surface area (Å²) in [6.45, 7) is 2.11. The van der Waals surface area contributed by atoms with Gasteiger partial charge in [-0.3, -0.25) is 0 Å². The van der Waals surface area contributed by atoms with E-state index in [0.717, 1.165) is 24.1 Å². The predicted molar refractivity (Wildman–Crippen MR) is 49.9 cm³/mol. The van der Waals surface area contributed by atoms with E-state index in [-0.39, 0.29) is 0 Å². The maximum absolute atomic E-state index is 10.7. The highest BCUT2D eigenvalue weighted by Crippen LogP contribution is 2.18. The van der Waals surface area contributed by atoms with Gasteiger partial charge in [-0.2, -0.15) is 0 Å². The van der Waals surface area contributed by atoms with Crippen molar-refractivity contribution in [2.75, 3.05) is 0 Å². The monoisotopic (exact) mass is 184 g/mol. The summed E-state index contributed by atoms with van der Waals surface area (Å²) < 4.78 is 0. The molecular formula is C9H12O2S. The molecule has 0 amide bonds. The van der Waals surface area contributed by atoms with Gasteiger partial charge in [0.05, 0.1) is 5.56 Å². The number of hydrogen-bond acceptors (Lipinski definition) is 2. The van der Waals surface area contributed by atoms with Crippen LogP contribution in [-0.2, 0) is 6.42 Å². The number of carboxylic acids is 1. The maximum atomic E-state index is 10.7. The molecule has 12 heavy (non-hydrogen) atoms. The molecule has 66 valence electrons. The third kappa shape index (κ3) is 2.08. The second kappa shape index (κ2) is 4.26. The number of carboxylic acid groups (broad SMARTS) is 1. The van der Waals surface area contributed by atoms with Gasteiger partial charge in [-0.25, -0.2) is 4.79 Å². The summed E-state index contributed by atoms with van der Waals surface area (Å²) in [5.74, 6) is -0.803. The smallest absolute Gasteiger partial charge is 0.336 e. The normalized spacial score (nSPS) is 10.1. The molecule has 1 heterocycles. The maximum Gasteiger partial charge on any atom is 0.336 e. The third-order valence-corrected chi connectivity index (χ3v) is 2.71. The van der Waals surface area contributed by atoms with Gasteiger partial charge >= 0.3 is 5.97 Å². The molecule has 0 aliphatic carbocycles. The van der Waals surface area contributed by atoms with E-state index in [1.54, 1.807) is 6.07 Å². The SMILES string of the molecule is CCCCc1sccc1C(=O)O. The van der Waals surface area contributed by atoms with Gasteiger partial charge in [0.2, 0.25) is 0 Å². The molecule has 1 aromatic heterocycles. The van der Waals surface area contributed by atoms with Crippen molar-refractivity contribution >= 4 is 17.3 Å². The van der Waals surface area contributed by atoms with Gasteiger partial charge in [-0.1, -0.05) is 13.3 Å².